The van der Waals surface area contributed by atoms with Crippen LogP contribution >= 0.6 is 22.9 Å². The van der Waals surface area contributed by atoms with Gasteiger partial charge in [0.15, 0.2) is 11.5 Å². The van der Waals surface area contributed by atoms with E-state index >= 15 is 0 Å². The monoisotopic (exact) mass is 446 g/mol. The number of allylic oxidation sites excluding steroid dienone is 1. The average molecular weight is 447 g/mol. The van der Waals surface area contributed by atoms with E-state index in [4.69, 9.17) is 21.1 Å². The number of halogens is 1. The van der Waals surface area contributed by atoms with Crippen molar-refractivity contribution in [2.75, 3.05) is 6.61 Å². The third kappa shape index (κ3) is 4.88. The van der Waals surface area contributed by atoms with Crippen LogP contribution in [-0.2, 0) is 6.61 Å². The number of fused-ring (bicyclic) bond motifs is 1. The van der Waals surface area contributed by atoms with Gasteiger partial charge in [-0.2, -0.15) is 5.26 Å². The Morgan fingerprint density at radius 2 is 1.87 bits per heavy atom. The van der Waals surface area contributed by atoms with Gasteiger partial charge in [0, 0.05) is 0 Å². The first-order valence-corrected chi connectivity index (χ1v) is 11.0. The van der Waals surface area contributed by atoms with E-state index < -0.39 is 0 Å². The predicted octanol–water partition coefficient (Wildman–Crippen LogP) is 6.99. The van der Waals surface area contributed by atoms with E-state index in [0.717, 1.165) is 21.3 Å². The summed E-state index contributed by atoms with van der Waals surface area (Å²) in [6.45, 7) is 2.75. The molecule has 31 heavy (non-hydrogen) atoms. The highest BCUT2D eigenvalue weighted by molar-refractivity contribution is 7.19. The Morgan fingerprint density at radius 1 is 1.10 bits per heavy atom. The Bertz CT molecular complexity index is 1240. The fraction of sp³-hybridized carbons (Fsp3) is 0.120. The molecule has 154 valence electrons. The molecule has 0 bridgehead atoms. The van der Waals surface area contributed by atoms with E-state index in [1.54, 1.807) is 12.1 Å². The number of nitriles is 1. The zero-order valence-electron chi connectivity index (χ0n) is 16.8. The third-order valence-corrected chi connectivity index (χ3v) is 5.86. The van der Waals surface area contributed by atoms with Crippen molar-refractivity contribution in [3.8, 4) is 17.6 Å². The van der Waals surface area contributed by atoms with Crippen LogP contribution in [0.1, 0.15) is 23.1 Å². The molecule has 1 heterocycles. The minimum atomic E-state index is 0.380. The van der Waals surface area contributed by atoms with Crippen LogP contribution in [-0.4, -0.2) is 11.6 Å². The van der Waals surface area contributed by atoms with E-state index in [2.05, 4.69) is 11.1 Å². The molecular weight excluding hydrogens is 428 g/mol. The number of rotatable bonds is 7. The Hall–Kier alpha value is -3.33. The largest absolute Gasteiger partial charge is 0.490 e. The lowest BCUT2D eigenvalue weighted by Crippen LogP contribution is -2.01. The average Bonchev–Trinajstić information content (AvgIpc) is 3.22. The molecule has 3 aromatic carbocycles. The molecule has 4 nitrogen and oxygen atoms in total. The van der Waals surface area contributed by atoms with Gasteiger partial charge in [0.05, 0.1) is 27.4 Å². The molecule has 0 aliphatic carbocycles. The van der Waals surface area contributed by atoms with Crippen molar-refractivity contribution in [3.05, 3.63) is 87.9 Å². The van der Waals surface area contributed by atoms with Crippen LogP contribution in [0.5, 0.6) is 11.5 Å². The summed E-state index contributed by atoms with van der Waals surface area (Å²) in [7, 11) is 0. The Morgan fingerprint density at radius 3 is 2.61 bits per heavy atom. The van der Waals surface area contributed by atoms with Gasteiger partial charge in [0.1, 0.15) is 17.7 Å². The van der Waals surface area contributed by atoms with E-state index in [-0.39, 0.29) is 0 Å². The lowest BCUT2D eigenvalue weighted by atomic mass is 10.1. The molecule has 6 heteroatoms. The third-order valence-electron chi connectivity index (χ3n) is 4.51. The number of benzene rings is 3. The molecule has 0 amide bonds. The molecule has 1 aromatic heterocycles. The van der Waals surface area contributed by atoms with Crippen LogP contribution < -0.4 is 9.47 Å². The fourth-order valence-electron chi connectivity index (χ4n) is 3.10. The zero-order valence-corrected chi connectivity index (χ0v) is 18.4. The summed E-state index contributed by atoms with van der Waals surface area (Å²) in [6.07, 6.45) is 1.77. The molecule has 0 radical (unpaired) electrons. The van der Waals surface area contributed by atoms with Crippen LogP contribution in [0, 0.1) is 11.3 Å². The van der Waals surface area contributed by atoms with Gasteiger partial charge in [-0.1, -0.05) is 54.1 Å². The second kappa shape index (κ2) is 9.65. The van der Waals surface area contributed by atoms with Crippen LogP contribution in [0.15, 0.2) is 66.7 Å². The molecule has 4 rings (SSSR count). The minimum absolute atomic E-state index is 0.380. The van der Waals surface area contributed by atoms with Crippen LogP contribution in [0.25, 0.3) is 21.9 Å². The maximum atomic E-state index is 9.73. The maximum Gasteiger partial charge on any atom is 0.180 e. The second-order valence-corrected chi connectivity index (χ2v) is 8.13. The first-order chi connectivity index (χ1) is 15.2. The molecule has 0 unspecified atom stereocenters. The summed E-state index contributed by atoms with van der Waals surface area (Å²) in [4.78, 5) is 4.58. The van der Waals surface area contributed by atoms with Gasteiger partial charge in [-0.25, -0.2) is 4.98 Å². The number of aromatic nitrogens is 1. The van der Waals surface area contributed by atoms with E-state index in [0.29, 0.717) is 40.3 Å². The number of nitrogens with zero attached hydrogens (tertiary/aromatic N) is 2. The second-order valence-electron chi connectivity index (χ2n) is 6.69. The summed E-state index contributed by atoms with van der Waals surface area (Å²) in [5.41, 5.74) is 3.13. The van der Waals surface area contributed by atoms with Gasteiger partial charge < -0.3 is 9.47 Å². The number of para-hydroxylation sites is 1. The van der Waals surface area contributed by atoms with Crippen molar-refractivity contribution in [2.45, 2.75) is 13.5 Å². The van der Waals surface area contributed by atoms with Gasteiger partial charge in [0.2, 0.25) is 0 Å². The first-order valence-electron chi connectivity index (χ1n) is 9.78. The van der Waals surface area contributed by atoms with Gasteiger partial charge in [-0.15, -0.1) is 11.3 Å². The molecule has 4 aromatic rings. The zero-order chi connectivity index (χ0) is 21.6. The summed E-state index contributed by atoms with van der Waals surface area (Å²) >= 11 is 8.03. The molecule has 0 aliphatic rings. The van der Waals surface area contributed by atoms with E-state index in [1.165, 1.54) is 11.3 Å². The predicted molar refractivity (Wildman–Crippen MR) is 126 cm³/mol. The van der Waals surface area contributed by atoms with Gasteiger partial charge in [-0.05, 0) is 48.4 Å². The van der Waals surface area contributed by atoms with E-state index in [9.17, 15) is 5.26 Å². The molecule has 0 fully saturated rings. The molecule has 0 atom stereocenters. The van der Waals surface area contributed by atoms with Gasteiger partial charge in [-0.3, -0.25) is 0 Å². The minimum Gasteiger partial charge on any atom is -0.490 e. The standard InChI is InChI=1S/C25H19ClN2O2S/c1-2-29-22-14-18(13-20(26)24(22)30-16-17-8-4-3-5-9-17)12-19(15-27)25-28-21-10-6-7-11-23(21)31-25/h3-14H,2,16H2,1H3. The molecule has 0 aliphatic heterocycles. The maximum absolute atomic E-state index is 9.73. The van der Waals surface area contributed by atoms with Crippen molar-refractivity contribution in [1.82, 2.24) is 4.98 Å². The van der Waals surface area contributed by atoms with Crippen molar-refractivity contribution in [3.63, 3.8) is 0 Å². The SMILES string of the molecule is CCOc1cc(C=C(C#N)c2nc3ccccc3s2)cc(Cl)c1OCc1ccccc1. The van der Waals surface area contributed by atoms with Crippen molar-refractivity contribution < 1.29 is 9.47 Å². The Balaban J connectivity index is 1.66. The summed E-state index contributed by atoms with van der Waals surface area (Å²) in [6, 6.07) is 23.5. The van der Waals surface area contributed by atoms with Crippen LogP contribution in [0.3, 0.4) is 0 Å². The molecule has 0 spiro atoms. The quantitative estimate of drug-likeness (QED) is 0.287. The van der Waals surface area contributed by atoms with Gasteiger partial charge >= 0.3 is 0 Å². The van der Waals surface area contributed by atoms with E-state index in [1.807, 2.05) is 67.6 Å². The molecule has 0 saturated carbocycles. The number of hydrogen-bond donors (Lipinski definition) is 0. The summed E-state index contributed by atoms with van der Waals surface area (Å²) < 4.78 is 12.8. The van der Waals surface area contributed by atoms with Crippen LogP contribution in [0.4, 0.5) is 0 Å². The highest BCUT2D eigenvalue weighted by Crippen LogP contribution is 2.38. The lowest BCUT2D eigenvalue weighted by molar-refractivity contribution is 0.269. The smallest absolute Gasteiger partial charge is 0.180 e. The Labute approximate surface area is 190 Å². The van der Waals surface area contributed by atoms with Crippen molar-refractivity contribution in [1.29, 1.82) is 5.26 Å². The summed E-state index contributed by atoms with van der Waals surface area (Å²) in [5.74, 6) is 1.03. The topological polar surface area (TPSA) is 55.1 Å². The first kappa shape index (κ1) is 20.9. The number of ether oxygens (including phenoxy) is 2. The van der Waals surface area contributed by atoms with Crippen LogP contribution in [0.2, 0.25) is 5.02 Å². The highest BCUT2D eigenvalue weighted by Gasteiger charge is 2.14. The normalized spacial score (nSPS) is 11.3. The van der Waals surface area contributed by atoms with Crippen molar-refractivity contribution >= 4 is 44.8 Å². The number of hydrogen-bond acceptors (Lipinski definition) is 5. The lowest BCUT2D eigenvalue weighted by Gasteiger charge is -2.14. The van der Waals surface area contributed by atoms with Gasteiger partial charge in [0.25, 0.3) is 0 Å². The Kier molecular flexibility index (Phi) is 6.51. The fourth-order valence-corrected chi connectivity index (χ4v) is 4.31. The molecular formula is C25H19ClN2O2S. The highest BCUT2D eigenvalue weighted by atomic mass is 35.5. The van der Waals surface area contributed by atoms with Crippen molar-refractivity contribution in [2.24, 2.45) is 0 Å². The number of thiazole rings is 1. The molecule has 0 saturated heterocycles. The summed E-state index contributed by atoms with van der Waals surface area (Å²) in [5, 5.41) is 10.8. The molecule has 0 N–H and O–H groups in total.